The van der Waals surface area contributed by atoms with Crippen molar-refractivity contribution < 1.29 is 17.6 Å². The summed E-state index contributed by atoms with van der Waals surface area (Å²) in [4.78, 5) is 13.0. The summed E-state index contributed by atoms with van der Waals surface area (Å²) in [6.45, 7) is 7.52. The van der Waals surface area contributed by atoms with Crippen molar-refractivity contribution in [1.29, 1.82) is 0 Å². The van der Waals surface area contributed by atoms with Gasteiger partial charge < -0.3 is 5.32 Å². The molecule has 0 aliphatic carbocycles. The summed E-state index contributed by atoms with van der Waals surface area (Å²) < 4.78 is 39.5. The van der Waals surface area contributed by atoms with Gasteiger partial charge in [-0.1, -0.05) is 42.3 Å². The van der Waals surface area contributed by atoms with Crippen molar-refractivity contribution in [3.63, 3.8) is 0 Å². The summed E-state index contributed by atoms with van der Waals surface area (Å²) in [6, 6.07) is 8.22. The summed E-state index contributed by atoms with van der Waals surface area (Å²) in [5, 5.41) is 2.69. The van der Waals surface area contributed by atoms with Gasteiger partial charge in [0.25, 0.3) is 0 Å². The van der Waals surface area contributed by atoms with Crippen molar-refractivity contribution >= 4 is 33.2 Å². The van der Waals surface area contributed by atoms with E-state index in [1.54, 1.807) is 6.92 Å². The average Bonchev–Trinajstić information content (AvgIpc) is 2.60. The molecule has 0 radical (unpaired) electrons. The fraction of sp³-hybridized carbons (Fsp3) is 0.381. The van der Waals surface area contributed by atoms with E-state index in [4.69, 9.17) is 11.6 Å². The van der Waals surface area contributed by atoms with Crippen LogP contribution < -0.4 is 9.62 Å². The van der Waals surface area contributed by atoms with Gasteiger partial charge >= 0.3 is 0 Å². The maximum absolute atomic E-state index is 13.5. The number of halogens is 2. The third-order valence-corrected chi connectivity index (χ3v) is 6.21. The molecule has 2 aromatic rings. The standard InChI is InChI=1S/C21H26ClFN2O3S/c1-6-20(21(26)24-15(4)17-9-7-13(2)11-14(17)3)25(29(5,27)28)16-8-10-19(23)18(22)12-16/h7-12,15,20H,6H2,1-5H3,(H,24,26)/t15-,20-/m1/s1. The van der Waals surface area contributed by atoms with Crippen LogP contribution in [-0.4, -0.2) is 26.6 Å². The molecule has 0 bridgehead atoms. The van der Waals surface area contributed by atoms with Crippen LogP contribution >= 0.6 is 11.6 Å². The highest BCUT2D eigenvalue weighted by Crippen LogP contribution is 2.28. The maximum atomic E-state index is 13.5. The van der Waals surface area contributed by atoms with E-state index in [0.29, 0.717) is 0 Å². The van der Waals surface area contributed by atoms with Gasteiger partial charge in [0.1, 0.15) is 11.9 Å². The molecule has 0 aromatic heterocycles. The highest BCUT2D eigenvalue weighted by molar-refractivity contribution is 7.92. The Labute approximate surface area is 176 Å². The van der Waals surface area contributed by atoms with Crippen molar-refractivity contribution in [2.45, 2.75) is 46.2 Å². The normalized spacial score (nSPS) is 13.6. The van der Waals surface area contributed by atoms with Crippen LogP contribution in [0.25, 0.3) is 0 Å². The summed E-state index contributed by atoms with van der Waals surface area (Å²) >= 11 is 5.83. The van der Waals surface area contributed by atoms with Crippen molar-refractivity contribution in [3.8, 4) is 0 Å². The Morgan fingerprint density at radius 2 is 1.86 bits per heavy atom. The Morgan fingerprint density at radius 3 is 2.38 bits per heavy atom. The number of aryl methyl sites for hydroxylation is 2. The van der Waals surface area contributed by atoms with Crippen LogP contribution in [0.3, 0.4) is 0 Å². The zero-order valence-corrected chi connectivity index (χ0v) is 18.7. The van der Waals surface area contributed by atoms with Crippen molar-refractivity contribution in [2.75, 3.05) is 10.6 Å². The zero-order valence-electron chi connectivity index (χ0n) is 17.2. The molecule has 0 saturated heterocycles. The molecule has 158 valence electrons. The lowest BCUT2D eigenvalue weighted by molar-refractivity contribution is -0.122. The van der Waals surface area contributed by atoms with Crippen molar-refractivity contribution in [3.05, 3.63) is 63.9 Å². The zero-order chi connectivity index (χ0) is 21.9. The van der Waals surface area contributed by atoms with Crippen LogP contribution in [0.4, 0.5) is 10.1 Å². The number of hydrogen-bond donors (Lipinski definition) is 1. The highest BCUT2D eigenvalue weighted by atomic mass is 35.5. The SMILES string of the molecule is CC[C@H](C(=O)N[C@H](C)c1ccc(C)cc1C)N(c1ccc(F)c(Cl)c1)S(C)(=O)=O. The molecule has 0 unspecified atom stereocenters. The van der Waals surface area contributed by atoms with Gasteiger partial charge in [-0.15, -0.1) is 0 Å². The lowest BCUT2D eigenvalue weighted by atomic mass is 10.00. The second kappa shape index (κ2) is 9.13. The molecule has 1 amide bonds. The van der Waals surface area contributed by atoms with Gasteiger partial charge in [0.2, 0.25) is 15.9 Å². The molecular weight excluding hydrogens is 415 g/mol. The van der Waals surface area contributed by atoms with Crippen LogP contribution in [0.5, 0.6) is 0 Å². The molecule has 0 fully saturated rings. The first-order valence-electron chi connectivity index (χ1n) is 9.27. The van der Waals surface area contributed by atoms with E-state index >= 15 is 0 Å². The predicted octanol–water partition coefficient (Wildman–Crippen LogP) is 4.52. The van der Waals surface area contributed by atoms with Crippen molar-refractivity contribution in [2.24, 2.45) is 0 Å². The Balaban J connectivity index is 2.36. The van der Waals surface area contributed by atoms with E-state index in [-0.39, 0.29) is 23.2 Å². The first kappa shape index (κ1) is 23.2. The van der Waals surface area contributed by atoms with E-state index < -0.39 is 27.8 Å². The Morgan fingerprint density at radius 1 is 1.21 bits per heavy atom. The summed E-state index contributed by atoms with van der Waals surface area (Å²) in [7, 11) is -3.83. The van der Waals surface area contributed by atoms with E-state index in [9.17, 15) is 17.6 Å². The van der Waals surface area contributed by atoms with Crippen LogP contribution in [-0.2, 0) is 14.8 Å². The van der Waals surface area contributed by atoms with E-state index in [1.807, 2.05) is 39.0 Å². The van der Waals surface area contributed by atoms with Crippen LogP contribution in [0, 0.1) is 19.7 Å². The Hall–Kier alpha value is -2.12. The molecule has 5 nitrogen and oxygen atoms in total. The molecule has 0 aliphatic rings. The topological polar surface area (TPSA) is 66.5 Å². The van der Waals surface area contributed by atoms with Crippen molar-refractivity contribution in [1.82, 2.24) is 5.32 Å². The molecule has 1 N–H and O–H groups in total. The van der Waals surface area contributed by atoms with Gasteiger partial charge in [0.05, 0.1) is 23.0 Å². The van der Waals surface area contributed by atoms with E-state index in [2.05, 4.69) is 5.32 Å². The number of nitrogens with one attached hydrogen (secondary N) is 1. The predicted molar refractivity (Wildman–Crippen MR) is 115 cm³/mol. The molecule has 0 spiro atoms. The lowest BCUT2D eigenvalue weighted by Crippen LogP contribution is -2.49. The van der Waals surface area contributed by atoms with E-state index in [1.165, 1.54) is 12.1 Å². The molecule has 2 aromatic carbocycles. The molecular formula is C21H26ClFN2O3S. The number of hydrogen-bond acceptors (Lipinski definition) is 3. The van der Waals surface area contributed by atoms with Gasteiger partial charge in [0.15, 0.2) is 0 Å². The number of carbonyl (C=O) groups is 1. The van der Waals surface area contributed by atoms with Gasteiger partial charge in [-0.05, 0) is 56.5 Å². The number of amides is 1. The smallest absolute Gasteiger partial charge is 0.244 e. The third kappa shape index (κ3) is 5.48. The largest absolute Gasteiger partial charge is 0.348 e. The fourth-order valence-corrected chi connectivity index (χ4v) is 4.76. The minimum absolute atomic E-state index is 0.139. The highest BCUT2D eigenvalue weighted by Gasteiger charge is 2.32. The molecule has 2 atom stereocenters. The molecule has 0 saturated carbocycles. The number of nitrogens with zero attached hydrogens (tertiary/aromatic N) is 1. The third-order valence-electron chi connectivity index (χ3n) is 4.74. The Bertz CT molecular complexity index is 1010. The molecule has 0 aliphatic heterocycles. The summed E-state index contributed by atoms with van der Waals surface area (Å²) in [5.41, 5.74) is 3.25. The van der Waals surface area contributed by atoms with E-state index in [0.717, 1.165) is 33.3 Å². The summed E-state index contributed by atoms with van der Waals surface area (Å²) in [6.07, 6.45) is 1.24. The first-order chi connectivity index (χ1) is 13.5. The number of sulfonamides is 1. The van der Waals surface area contributed by atoms with Gasteiger partial charge in [-0.2, -0.15) is 0 Å². The summed E-state index contributed by atoms with van der Waals surface area (Å²) in [5.74, 6) is -1.10. The van der Waals surface area contributed by atoms with Gasteiger partial charge in [-0.3, -0.25) is 9.10 Å². The molecule has 8 heteroatoms. The lowest BCUT2D eigenvalue weighted by Gasteiger charge is -2.31. The second-order valence-corrected chi connectivity index (χ2v) is 9.44. The second-order valence-electron chi connectivity index (χ2n) is 7.17. The molecule has 29 heavy (non-hydrogen) atoms. The van der Waals surface area contributed by atoms with Crippen LogP contribution in [0.1, 0.15) is 43.0 Å². The quantitative estimate of drug-likeness (QED) is 0.688. The fourth-order valence-electron chi connectivity index (χ4n) is 3.38. The Kier molecular flexibility index (Phi) is 7.30. The molecule has 2 rings (SSSR count). The number of carbonyl (C=O) groups excluding carboxylic acids is 1. The maximum Gasteiger partial charge on any atom is 0.244 e. The van der Waals surface area contributed by atoms with Gasteiger partial charge in [-0.25, -0.2) is 12.8 Å². The minimum atomic E-state index is -3.83. The number of rotatable bonds is 7. The first-order valence-corrected chi connectivity index (χ1v) is 11.5. The minimum Gasteiger partial charge on any atom is -0.348 e. The average molecular weight is 441 g/mol. The van der Waals surface area contributed by atoms with Crippen LogP contribution in [0.2, 0.25) is 5.02 Å². The molecule has 0 heterocycles. The van der Waals surface area contributed by atoms with Crippen LogP contribution in [0.15, 0.2) is 36.4 Å². The monoisotopic (exact) mass is 440 g/mol. The number of anilines is 1. The van der Waals surface area contributed by atoms with Gasteiger partial charge in [0, 0.05) is 0 Å². The number of benzene rings is 2.